The van der Waals surface area contributed by atoms with Crippen LogP contribution in [0.3, 0.4) is 0 Å². The molecule has 3 aromatic carbocycles. The molecule has 2 atom stereocenters. The maximum Gasteiger partial charge on any atom is 0.151 e. The van der Waals surface area contributed by atoms with E-state index in [0.717, 1.165) is 20.8 Å². The van der Waals surface area contributed by atoms with Gasteiger partial charge in [-0.05, 0) is 47.0 Å². The Morgan fingerprint density at radius 1 is 1.06 bits per heavy atom. The van der Waals surface area contributed by atoms with Gasteiger partial charge in [0.2, 0.25) is 0 Å². The van der Waals surface area contributed by atoms with E-state index in [1.165, 1.54) is 0 Å². The molecule has 0 spiro atoms. The van der Waals surface area contributed by atoms with Gasteiger partial charge in [-0.1, -0.05) is 58.4 Å². The van der Waals surface area contributed by atoms with Crippen LogP contribution in [0.2, 0.25) is 0 Å². The third kappa shape index (κ3) is 5.86. The number of aliphatic hydroxyl groups excluding tert-OH is 1. The highest BCUT2D eigenvalue weighted by atomic mass is 79.9. The first-order chi connectivity index (χ1) is 14.9. The van der Waals surface area contributed by atoms with E-state index in [2.05, 4.69) is 45.1 Å². The number of aliphatic hydroxyl groups is 1. The van der Waals surface area contributed by atoms with E-state index in [-0.39, 0.29) is 24.2 Å². The van der Waals surface area contributed by atoms with Crippen molar-refractivity contribution in [2.75, 3.05) is 24.7 Å². The van der Waals surface area contributed by atoms with Crippen LogP contribution in [-0.4, -0.2) is 55.2 Å². The van der Waals surface area contributed by atoms with E-state index in [9.17, 15) is 13.5 Å². The van der Waals surface area contributed by atoms with Gasteiger partial charge < -0.3 is 9.84 Å². The molecule has 4 rings (SSSR count). The van der Waals surface area contributed by atoms with Crippen molar-refractivity contribution in [2.45, 2.75) is 25.1 Å². The molecule has 7 heteroatoms. The molecule has 0 radical (unpaired) electrons. The molecule has 5 nitrogen and oxygen atoms in total. The Bertz CT molecular complexity index is 1130. The monoisotopic (exact) mass is 503 g/mol. The van der Waals surface area contributed by atoms with Crippen LogP contribution in [0.5, 0.6) is 5.75 Å². The molecule has 1 fully saturated rings. The van der Waals surface area contributed by atoms with Crippen LogP contribution in [0.1, 0.15) is 12.0 Å². The van der Waals surface area contributed by atoms with E-state index in [4.69, 9.17) is 4.74 Å². The van der Waals surface area contributed by atoms with Crippen molar-refractivity contribution in [1.29, 1.82) is 0 Å². The molecule has 1 aliphatic rings. The second-order valence-electron chi connectivity index (χ2n) is 8.04. The third-order valence-electron chi connectivity index (χ3n) is 5.68. The number of hydrogen-bond donors (Lipinski definition) is 1. The van der Waals surface area contributed by atoms with Gasteiger partial charge in [-0.15, -0.1) is 0 Å². The predicted octanol–water partition coefficient (Wildman–Crippen LogP) is 4.03. The van der Waals surface area contributed by atoms with Gasteiger partial charge in [-0.25, -0.2) is 8.42 Å². The zero-order valence-corrected chi connectivity index (χ0v) is 19.6. The van der Waals surface area contributed by atoms with Crippen LogP contribution < -0.4 is 4.74 Å². The summed E-state index contributed by atoms with van der Waals surface area (Å²) in [5.74, 6) is 1.03. The summed E-state index contributed by atoms with van der Waals surface area (Å²) in [6.45, 7) is 1.07. The maximum absolute atomic E-state index is 12.1. The smallest absolute Gasteiger partial charge is 0.151 e. The molecule has 2 unspecified atom stereocenters. The molecule has 0 amide bonds. The fraction of sp³-hybridized carbons (Fsp3) is 0.333. The number of nitrogens with zero attached hydrogens (tertiary/aromatic N) is 1. The Labute approximate surface area is 191 Å². The molecule has 3 aromatic rings. The molecule has 164 valence electrons. The molecule has 1 heterocycles. The Hall–Kier alpha value is -1.93. The molecular weight excluding hydrogens is 478 g/mol. The van der Waals surface area contributed by atoms with Crippen LogP contribution in [0, 0.1) is 0 Å². The van der Waals surface area contributed by atoms with Crippen molar-refractivity contribution >= 4 is 36.5 Å². The van der Waals surface area contributed by atoms with E-state index < -0.39 is 15.9 Å². The fourth-order valence-corrected chi connectivity index (χ4v) is 6.13. The van der Waals surface area contributed by atoms with Gasteiger partial charge in [0.05, 0.1) is 11.5 Å². The summed E-state index contributed by atoms with van der Waals surface area (Å²) in [7, 11) is -3.03. The second kappa shape index (κ2) is 9.69. The van der Waals surface area contributed by atoms with Crippen LogP contribution in [0.4, 0.5) is 0 Å². The average molecular weight is 504 g/mol. The van der Waals surface area contributed by atoms with E-state index in [1.807, 2.05) is 42.5 Å². The summed E-state index contributed by atoms with van der Waals surface area (Å²) in [5.41, 5.74) is 1.13. The van der Waals surface area contributed by atoms with Gasteiger partial charge in [0.1, 0.15) is 18.5 Å². The molecule has 0 aliphatic carbocycles. The van der Waals surface area contributed by atoms with E-state index in [0.29, 0.717) is 25.3 Å². The SMILES string of the molecule is O=S1(=O)CCC(N(Cc2cccc3ccccc23)CC(O)COc2ccc(Br)cc2)C1. The number of ether oxygens (including phenoxy) is 1. The Morgan fingerprint density at radius 3 is 2.55 bits per heavy atom. The third-order valence-corrected chi connectivity index (χ3v) is 7.96. The van der Waals surface area contributed by atoms with Gasteiger partial charge in [0, 0.05) is 23.6 Å². The van der Waals surface area contributed by atoms with E-state index in [1.54, 1.807) is 0 Å². The van der Waals surface area contributed by atoms with Crippen LogP contribution in [-0.2, 0) is 16.4 Å². The van der Waals surface area contributed by atoms with Crippen LogP contribution >= 0.6 is 15.9 Å². The first kappa shape index (κ1) is 22.3. The highest BCUT2D eigenvalue weighted by Crippen LogP contribution is 2.25. The normalized spacial score (nSPS) is 19.0. The number of hydrogen-bond acceptors (Lipinski definition) is 5. The second-order valence-corrected chi connectivity index (χ2v) is 11.2. The summed E-state index contributed by atoms with van der Waals surface area (Å²) in [6.07, 6.45) is -0.144. The number of halogens is 1. The Morgan fingerprint density at radius 2 is 1.81 bits per heavy atom. The zero-order valence-electron chi connectivity index (χ0n) is 17.2. The molecule has 31 heavy (non-hydrogen) atoms. The Kier molecular flexibility index (Phi) is 6.96. The molecule has 0 aromatic heterocycles. The molecule has 0 saturated carbocycles. The lowest BCUT2D eigenvalue weighted by Crippen LogP contribution is -2.42. The summed E-state index contributed by atoms with van der Waals surface area (Å²) in [5, 5.41) is 13.0. The first-order valence-corrected chi connectivity index (χ1v) is 13.0. The number of rotatable bonds is 8. The van der Waals surface area contributed by atoms with Gasteiger partial charge >= 0.3 is 0 Å². The lowest BCUT2D eigenvalue weighted by Gasteiger charge is -2.30. The molecule has 1 saturated heterocycles. The van der Waals surface area contributed by atoms with Crippen molar-refractivity contribution < 1.29 is 18.3 Å². The van der Waals surface area contributed by atoms with Crippen LogP contribution in [0.25, 0.3) is 10.8 Å². The van der Waals surface area contributed by atoms with Gasteiger partial charge in [0.25, 0.3) is 0 Å². The van der Waals surface area contributed by atoms with E-state index >= 15 is 0 Å². The minimum atomic E-state index is -3.03. The highest BCUT2D eigenvalue weighted by molar-refractivity contribution is 9.10. The van der Waals surface area contributed by atoms with Crippen molar-refractivity contribution in [3.05, 3.63) is 76.8 Å². The van der Waals surface area contributed by atoms with Gasteiger partial charge in [0.15, 0.2) is 9.84 Å². The number of benzene rings is 3. The standard InChI is InChI=1S/C24H26BrNO4S/c25-20-8-10-23(11-9-20)30-16-22(27)15-26(21-12-13-31(28,29)17-21)14-19-6-3-5-18-4-1-2-7-24(18)19/h1-11,21-22,27H,12-17H2. The van der Waals surface area contributed by atoms with Gasteiger partial charge in [-0.2, -0.15) is 0 Å². The quantitative estimate of drug-likeness (QED) is 0.502. The molecule has 1 aliphatic heterocycles. The first-order valence-electron chi connectivity index (χ1n) is 10.4. The maximum atomic E-state index is 12.1. The zero-order chi connectivity index (χ0) is 21.8. The van der Waals surface area contributed by atoms with Crippen molar-refractivity contribution in [3.63, 3.8) is 0 Å². The fourth-order valence-electron chi connectivity index (χ4n) is 4.10. The molecule has 0 bridgehead atoms. The molecular formula is C24H26BrNO4S. The number of sulfone groups is 1. The van der Waals surface area contributed by atoms with Gasteiger partial charge in [-0.3, -0.25) is 4.90 Å². The number of fused-ring (bicyclic) bond motifs is 1. The van der Waals surface area contributed by atoms with Crippen molar-refractivity contribution in [1.82, 2.24) is 4.90 Å². The largest absolute Gasteiger partial charge is 0.491 e. The summed E-state index contributed by atoms with van der Waals surface area (Å²) in [4.78, 5) is 2.10. The topological polar surface area (TPSA) is 66.8 Å². The average Bonchev–Trinajstić information content (AvgIpc) is 3.13. The summed E-state index contributed by atoms with van der Waals surface area (Å²) in [6, 6.07) is 21.7. The minimum Gasteiger partial charge on any atom is -0.491 e. The Balaban J connectivity index is 1.49. The van der Waals surface area contributed by atoms with Crippen molar-refractivity contribution in [2.24, 2.45) is 0 Å². The van der Waals surface area contributed by atoms with Crippen LogP contribution in [0.15, 0.2) is 71.2 Å². The minimum absolute atomic E-state index is 0.105. The lowest BCUT2D eigenvalue weighted by molar-refractivity contribution is 0.0526. The lowest BCUT2D eigenvalue weighted by atomic mass is 10.0. The highest BCUT2D eigenvalue weighted by Gasteiger charge is 2.33. The molecule has 1 N–H and O–H groups in total. The predicted molar refractivity (Wildman–Crippen MR) is 127 cm³/mol. The van der Waals surface area contributed by atoms with Crippen molar-refractivity contribution in [3.8, 4) is 5.75 Å². The summed E-state index contributed by atoms with van der Waals surface area (Å²) >= 11 is 3.39. The summed E-state index contributed by atoms with van der Waals surface area (Å²) < 4.78 is 30.9.